The number of nitrogens with one attached hydrogen (secondary N) is 1. The molecule has 0 bridgehead atoms. The van der Waals surface area contributed by atoms with Gasteiger partial charge in [0, 0.05) is 13.0 Å². The number of phenols is 1. The van der Waals surface area contributed by atoms with E-state index in [0.29, 0.717) is 12.0 Å². The summed E-state index contributed by atoms with van der Waals surface area (Å²) in [7, 11) is 0. The minimum absolute atomic E-state index is 0.0679. The van der Waals surface area contributed by atoms with Crippen LogP contribution in [0.25, 0.3) is 0 Å². The van der Waals surface area contributed by atoms with Crippen molar-refractivity contribution in [3.05, 3.63) is 29.8 Å². The molecule has 0 aliphatic carbocycles. The predicted octanol–water partition coefficient (Wildman–Crippen LogP) is 1.34. The van der Waals surface area contributed by atoms with E-state index in [0.717, 1.165) is 6.42 Å². The second kappa shape index (κ2) is 6.12. The molecule has 88 valence electrons. The Balaban J connectivity index is 2.46. The van der Waals surface area contributed by atoms with Gasteiger partial charge in [-0.25, -0.2) is 0 Å². The third-order valence-corrected chi connectivity index (χ3v) is 2.22. The quantitative estimate of drug-likeness (QED) is 0.705. The zero-order chi connectivity index (χ0) is 12.0. The van der Waals surface area contributed by atoms with E-state index in [1.54, 1.807) is 12.1 Å². The summed E-state index contributed by atoms with van der Waals surface area (Å²) in [5.41, 5.74) is 0.594. The predicted molar refractivity (Wildman–Crippen MR) is 61.0 cm³/mol. The van der Waals surface area contributed by atoms with Crippen molar-refractivity contribution in [2.45, 2.75) is 25.9 Å². The van der Waals surface area contributed by atoms with Crippen molar-refractivity contribution in [2.24, 2.45) is 0 Å². The van der Waals surface area contributed by atoms with E-state index in [1.165, 1.54) is 12.1 Å². The standard InChI is InChI=1S/C12H17NO3/c1-2-4-12(16)13-8-11(15)9-5-3-6-10(14)7-9/h3,5-7,11,14-15H,2,4,8H2,1H3,(H,13,16)/t11-/m0/s1. The number of hydrogen-bond donors (Lipinski definition) is 3. The van der Waals surface area contributed by atoms with E-state index in [9.17, 15) is 15.0 Å². The van der Waals surface area contributed by atoms with E-state index in [1.807, 2.05) is 6.92 Å². The van der Waals surface area contributed by atoms with E-state index in [4.69, 9.17) is 0 Å². The molecule has 1 aromatic carbocycles. The molecule has 4 heteroatoms. The Morgan fingerprint density at radius 2 is 2.25 bits per heavy atom. The van der Waals surface area contributed by atoms with Gasteiger partial charge in [0.2, 0.25) is 5.91 Å². The van der Waals surface area contributed by atoms with Crippen LogP contribution in [0.1, 0.15) is 31.4 Å². The highest BCUT2D eigenvalue weighted by atomic mass is 16.3. The van der Waals surface area contributed by atoms with Crippen LogP contribution in [-0.4, -0.2) is 22.7 Å². The van der Waals surface area contributed by atoms with Gasteiger partial charge in [0.25, 0.3) is 0 Å². The van der Waals surface area contributed by atoms with Gasteiger partial charge in [0.1, 0.15) is 5.75 Å². The van der Waals surface area contributed by atoms with Gasteiger partial charge in [-0.15, -0.1) is 0 Å². The van der Waals surface area contributed by atoms with Crippen LogP contribution < -0.4 is 5.32 Å². The zero-order valence-electron chi connectivity index (χ0n) is 9.31. The highest BCUT2D eigenvalue weighted by molar-refractivity contribution is 5.75. The Bertz CT molecular complexity index is 352. The molecule has 0 aliphatic rings. The van der Waals surface area contributed by atoms with Crippen molar-refractivity contribution in [1.29, 1.82) is 0 Å². The fraction of sp³-hybridized carbons (Fsp3) is 0.417. The van der Waals surface area contributed by atoms with E-state index in [2.05, 4.69) is 5.32 Å². The minimum atomic E-state index is -0.784. The first-order valence-corrected chi connectivity index (χ1v) is 5.37. The largest absolute Gasteiger partial charge is 0.508 e. The van der Waals surface area contributed by atoms with Crippen LogP contribution in [-0.2, 0) is 4.79 Å². The lowest BCUT2D eigenvalue weighted by atomic mass is 10.1. The summed E-state index contributed by atoms with van der Waals surface area (Å²) in [6.07, 6.45) is 0.466. The number of benzene rings is 1. The van der Waals surface area contributed by atoms with Crippen LogP contribution in [0.15, 0.2) is 24.3 Å². The van der Waals surface area contributed by atoms with Gasteiger partial charge in [0.15, 0.2) is 0 Å². The molecule has 0 fully saturated rings. The highest BCUT2D eigenvalue weighted by Gasteiger charge is 2.09. The number of aliphatic hydroxyl groups excluding tert-OH is 1. The van der Waals surface area contributed by atoms with Gasteiger partial charge in [-0.1, -0.05) is 19.1 Å². The molecule has 3 N–H and O–H groups in total. The summed E-state index contributed by atoms with van der Waals surface area (Å²) in [5, 5.41) is 21.6. The molecule has 1 aromatic rings. The molecular weight excluding hydrogens is 206 g/mol. The monoisotopic (exact) mass is 223 g/mol. The highest BCUT2D eigenvalue weighted by Crippen LogP contribution is 2.17. The Morgan fingerprint density at radius 1 is 1.50 bits per heavy atom. The zero-order valence-corrected chi connectivity index (χ0v) is 9.31. The summed E-state index contributed by atoms with van der Waals surface area (Å²) < 4.78 is 0. The number of amides is 1. The van der Waals surface area contributed by atoms with Crippen molar-refractivity contribution < 1.29 is 15.0 Å². The summed E-state index contributed by atoms with van der Waals surface area (Å²) in [6.45, 7) is 2.09. The number of carbonyl (C=O) groups is 1. The number of aliphatic hydroxyl groups is 1. The van der Waals surface area contributed by atoms with Crippen molar-refractivity contribution in [1.82, 2.24) is 5.32 Å². The first kappa shape index (κ1) is 12.5. The molecule has 0 radical (unpaired) electrons. The van der Waals surface area contributed by atoms with Gasteiger partial charge in [-0.2, -0.15) is 0 Å². The molecule has 0 saturated carbocycles. The summed E-state index contributed by atoms with van der Waals surface area (Å²) in [4.78, 5) is 11.2. The average Bonchev–Trinajstić information content (AvgIpc) is 2.26. The van der Waals surface area contributed by atoms with Crippen LogP contribution in [0.3, 0.4) is 0 Å². The number of aromatic hydroxyl groups is 1. The number of carbonyl (C=O) groups excluding carboxylic acids is 1. The van der Waals surface area contributed by atoms with Crippen LogP contribution >= 0.6 is 0 Å². The fourth-order valence-electron chi connectivity index (χ4n) is 1.38. The maximum atomic E-state index is 11.2. The topological polar surface area (TPSA) is 69.6 Å². The fourth-order valence-corrected chi connectivity index (χ4v) is 1.38. The molecule has 0 unspecified atom stereocenters. The van der Waals surface area contributed by atoms with Crippen molar-refractivity contribution in [3.8, 4) is 5.75 Å². The molecule has 1 atom stereocenters. The Hall–Kier alpha value is -1.55. The molecule has 1 amide bonds. The molecule has 0 spiro atoms. The lowest BCUT2D eigenvalue weighted by Crippen LogP contribution is -2.27. The summed E-state index contributed by atoms with van der Waals surface area (Å²) in [6, 6.07) is 6.38. The minimum Gasteiger partial charge on any atom is -0.508 e. The summed E-state index contributed by atoms with van der Waals surface area (Å²) in [5.74, 6) is 0.0399. The van der Waals surface area contributed by atoms with Crippen molar-refractivity contribution >= 4 is 5.91 Å². The second-order valence-corrected chi connectivity index (χ2v) is 3.66. The summed E-state index contributed by atoms with van der Waals surface area (Å²) >= 11 is 0. The molecule has 0 aliphatic heterocycles. The van der Waals surface area contributed by atoms with Crippen LogP contribution in [0.2, 0.25) is 0 Å². The van der Waals surface area contributed by atoms with Crippen molar-refractivity contribution in [3.63, 3.8) is 0 Å². The normalized spacial score (nSPS) is 12.1. The third kappa shape index (κ3) is 3.90. The number of rotatable bonds is 5. The Kier molecular flexibility index (Phi) is 4.79. The molecule has 0 aromatic heterocycles. The van der Waals surface area contributed by atoms with Crippen molar-refractivity contribution in [2.75, 3.05) is 6.54 Å². The Labute approximate surface area is 94.9 Å². The van der Waals surface area contributed by atoms with Gasteiger partial charge >= 0.3 is 0 Å². The first-order valence-electron chi connectivity index (χ1n) is 5.37. The Morgan fingerprint density at radius 3 is 2.88 bits per heavy atom. The van der Waals surface area contributed by atoms with Crippen LogP contribution in [0, 0.1) is 0 Å². The maximum absolute atomic E-state index is 11.2. The second-order valence-electron chi connectivity index (χ2n) is 3.66. The molecule has 1 rings (SSSR count). The van der Waals surface area contributed by atoms with Crippen LogP contribution in [0.5, 0.6) is 5.75 Å². The molecular formula is C12H17NO3. The van der Waals surface area contributed by atoms with E-state index < -0.39 is 6.10 Å². The molecule has 16 heavy (non-hydrogen) atoms. The van der Waals surface area contributed by atoms with E-state index >= 15 is 0 Å². The number of hydrogen-bond acceptors (Lipinski definition) is 3. The molecule has 4 nitrogen and oxygen atoms in total. The first-order chi connectivity index (χ1) is 7.63. The lowest BCUT2D eigenvalue weighted by molar-refractivity contribution is -0.121. The maximum Gasteiger partial charge on any atom is 0.220 e. The SMILES string of the molecule is CCCC(=O)NC[C@H](O)c1cccc(O)c1. The third-order valence-electron chi connectivity index (χ3n) is 2.22. The van der Waals surface area contributed by atoms with Gasteiger partial charge in [0.05, 0.1) is 6.10 Å². The lowest BCUT2D eigenvalue weighted by Gasteiger charge is -2.12. The van der Waals surface area contributed by atoms with Gasteiger partial charge in [-0.3, -0.25) is 4.79 Å². The molecule has 0 heterocycles. The van der Waals surface area contributed by atoms with Crippen LogP contribution in [0.4, 0.5) is 0 Å². The average molecular weight is 223 g/mol. The van der Waals surface area contributed by atoms with Gasteiger partial charge < -0.3 is 15.5 Å². The smallest absolute Gasteiger partial charge is 0.220 e. The van der Waals surface area contributed by atoms with E-state index in [-0.39, 0.29) is 18.2 Å². The molecule has 0 saturated heterocycles. The number of phenolic OH excluding ortho intramolecular Hbond substituents is 1. The van der Waals surface area contributed by atoms with Gasteiger partial charge in [-0.05, 0) is 24.1 Å².